The molecule has 0 saturated carbocycles. The van der Waals surface area contributed by atoms with E-state index in [0.717, 1.165) is 5.84 Å². The Hall–Kier alpha value is -0.860. The van der Waals surface area contributed by atoms with Crippen LogP contribution in [0.15, 0.2) is 9.98 Å². The molecule has 0 aromatic heterocycles. The minimum atomic E-state index is 0.289. The van der Waals surface area contributed by atoms with E-state index < -0.39 is 0 Å². The van der Waals surface area contributed by atoms with Crippen molar-refractivity contribution in [1.82, 2.24) is 0 Å². The highest BCUT2D eigenvalue weighted by atomic mass is 15.0. The Morgan fingerprint density at radius 1 is 1.40 bits per heavy atom. The number of nitrogens with two attached hydrogens (primary N) is 1. The van der Waals surface area contributed by atoms with Crippen molar-refractivity contribution >= 4 is 11.7 Å². The molecule has 0 aliphatic carbocycles. The van der Waals surface area contributed by atoms with E-state index in [1.54, 1.807) is 0 Å². The molecule has 3 nitrogen and oxygen atoms in total. The molecular formula is C7H13N3. The molecule has 1 aliphatic heterocycles. The quantitative estimate of drug-likeness (QED) is 0.530. The number of rotatable bonds is 0. The highest BCUT2D eigenvalue weighted by Crippen LogP contribution is 2.11. The fourth-order valence-electron chi connectivity index (χ4n) is 0.971. The van der Waals surface area contributed by atoms with Gasteiger partial charge < -0.3 is 5.73 Å². The normalized spacial score (nSPS) is 33.1. The lowest BCUT2D eigenvalue weighted by Crippen LogP contribution is -2.33. The average molecular weight is 139 g/mol. The molecule has 0 aromatic carbocycles. The molecule has 0 bridgehead atoms. The zero-order valence-corrected chi connectivity index (χ0v) is 6.63. The van der Waals surface area contributed by atoms with Crippen molar-refractivity contribution in [3.05, 3.63) is 0 Å². The van der Waals surface area contributed by atoms with Crippen LogP contribution in [0.1, 0.15) is 20.8 Å². The van der Waals surface area contributed by atoms with Gasteiger partial charge in [-0.1, -0.05) is 6.92 Å². The Morgan fingerprint density at radius 3 is 2.50 bits per heavy atom. The van der Waals surface area contributed by atoms with Crippen molar-refractivity contribution in [3.63, 3.8) is 0 Å². The smallest absolute Gasteiger partial charge is 0.122 e. The van der Waals surface area contributed by atoms with Crippen molar-refractivity contribution < 1.29 is 0 Å². The summed E-state index contributed by atoms with van der Waals surface area (Å²) >= 11 is 0. The van der Waals surface area contributed by atoms with E-state index in [9.17, 15) is 0 Å². The van der Waals surface area contributed by atoms with Gasteiger partial charge in [-0.3, -0.25) is 4.99 Å². The summed E-state index contributed by atoms with van der Waals surface area (Å²) in [6.07, 6.45) is 0. The van der Waals surface area contributed by atoms with Crippen LogP contribution in [0.3, 0.4) is 0 Å². The average Bonchev–Trinajstić information content (AvgIpc) is 1.82. The first-order valence-electron chi connectivity index (χ1n) is 3.49. The van der Waals surface area contributed by atoms with E-state index in [4.69, 9.17) is 5.73 Å². The number of aliphatic imine (C=N–C) groups is 2. The summed E-state index contributed by atoms with van der Waals surface area (Å²) in [5.41, 5.74) is 5.63. The Labute approximate surface area is 61.1 Å². The molecule has 1 heterocycles. The number of amidine groups is 2. The maximum absolute atomic E-state index is 5.63. The lowest BCUT2D eigenvalue weighted by Gasteiger charge is -2.19. The second kappa shape index (κ2) is 2.40. The SMILES string of the molecule is CC1=NC(C)C(C)C(N)=N1. The molecule has 56 valence electrons. The lowest BCUT2D eigenvalue weighted by molar-refractivity contribution is 0.602. The van der Waals surface area contributed by atoms with E-state index in [1.807, 2.05) is 13.8 Å². The molecule has 0 fully saturated rings. The summed E-state index contributed by atoms with van der Waals surface area (Å²) in [6.45, 7) is 5.96. The molecule has 10 heavy (non-hydrogen) atoms. The lowest BCUT2D eigenvalue weighted by atomic mass is 10.0. The number of nitrogens with zero attached hydrogens (tertiary/aromatic N) is 2. The van der Waals surface area contributed by atoms with Gasteiger partial charge in [0.15, 0.2) is 0 Å². The molecule has 3 heteroatoms. The first kappa shape index (κ1) is 7.25. The van der Waals surface area contributed by atoms with E-state index in [0.29, 0.717) is 11.8 Å². The molecule has 1 rings (SSSR count). The van der Waals surface area contributed by atoms with Gasteiger partial charge in [-0.15, -0.1) is 0 Å². The van der Waals surface area contributed by atoms with Crippen LogP contribution in [0.2, 0.25) is 0 Å². The van der Waals surface area contributed by atoms with Gasteiger partial charge in [-0.05, 0) is 13.8 Å². The third kappa shape index (κ3) is 1.17. The summed E-state index contributed by atoms with van der Waals surface area (Å²) in [5.74, 6) is 1.80. The molecule has 0 aromatic rings. The monoisotopic (exact) mass is 139 g/mol. The Morgan fingerprint density at radius 2 is 2.00 bits per heavy atom. The topological polar surface area (TPSA) is 50.7 Å². The minimum absolute atomic E-state index is 0.289. The van der Waals surface area contributed by atoms with Gasteiger partial charge in [0.25, 0.3) is 0 Å². The fourth-order valence-corrected chi connectivity index (χ4v) is 0.971. The van der Waals surface area contributed by atoms with E-state index in [-0.39, 0.29) is 6.04 Å². The predicted octanol–water partition coefficient (Wildman–Crippen LogP) is 0.800. The van der Waals surface area contributed by atoms with Crippen LogP contribution in [0, 0.1) is 5.92 Å². The zero-order valence-electron chi connectivity index (χ0n) is 6.63. The van der Waals surface area contributed by atoms with Crippen LogP contribution < -0.4 is 5.73 Å². The highest BCUT2D eigenvalue weighted by Gasteiger charge is 2.18. The Bertz CT molecular complexity index is 193. The Balaban J connectivity index is 2.85. The van der Waals surface area contributed by atoms with Crippen LogP contribution in [0.5, 0.6) is 0 Å². The summed E-state index contributed by atoms with van der Waals surface area (Å²) in [5, 5.41) is 0. The second-order valence-electron chi connectivity index (χ2n) is 2.74. The van der Waals surface area contributed by atoms with E-state index in [2.05, 4.69) is 16.9 Å². The van der Waals surface area contributed by atoms with Gasteiger partial charge in [-0.2, -0.15) is 0 Å². The number of hydrogen-bond donors (Lipinski definition) is 1. The third-order valence-electron chi connectivity index (χ3n) is 1.87. The molecular weight excluding hydrogens is 126 g/mol. The van der Waals surface area contributed by atoms with Crippen LogP contribution >= 0.6 is 0 Å². The maximum atomic E-state index is 5.63. The first-order chi connectivity index (χ1) is 4.61. The summed E-state index contributed by atoms with van der Waals surface area (Å²) in [7, 11) is 0. The molecule has 0 saturated heterocycles. The van der Waals surface area contributed by atoms with Crippen molar-refractivity contribution in [2.45, 2.75) is 26.8 Å². The van der Waals surface area contributed by atoms with Crippen molar-refractivity contribution in [2.24, 2.45) is 21.6 Å². The van der Waals surface area contributed by atoms with Crippen LogP contribution in [-0.2, 0) is 0 Å². The summed E-state index contributed by atoms with van der Waals surface area (Å²) < 4.78 is 0. The minimum Gasteiger partial charge on any atom is -0.387 e. The molecule has 2 unspecified atom stereocenters. The first-order valence-corrected chi connectivity index (χ1v) is 3.49. The van der Waals surface area contributed by atoms with Gasteiger partial charge >= 0.3 is 0 Å². The number of hydrogen-bond acceptors (Lipinski definition) is 3. The van der Waals surface area contributed by atoms with Crippen LogP contribution in [0.4, 0.5) is 0 Å². The van der Waals surface area contributed by atoms with Crippen LogP contribution in [-0.4, -0.2) is 17.7 Å². The van der Waals surface area contributed by atoms with Gasteiger partial charge in [0.2, 0.25) is 0 Å². The predicted molar refractivity (Wildman–Crippen MR) is 43.4 cm³/mol. The maximum Gasteiger partial charge on any atom is 0.122 e. The van der Waals surface area contributed by atoms with Crippen molar-refractivity contribution in [1.29, 1.82) is 0 Å². The van der Waals surface area contributed by atoms with Gasteiger partial charge in [0.05, 0.1) is 6.04 Å². The third-order valence-corrected chi connectivity index (χ3v) is 1.87. The highest BCUT2D eigenvalue weighted by molar-refractivity contribution is 5.98. The van der Waals surface area contributed by atoms with Crippen molar-refractivity contribution in [2.75, 3.05) is 0 Å². The molecule has 0 radical (unpaired) electrons. The fraction of sp³-hybridized carbons (Fsp3) is 0.714. The Kier molecular flexibility index (Phi) is 1.74. The molecule has 1 aliphatic rings. The molecule has 0 spiro atoms. The van der Waals surface area contributed by atoms with Gasteiger partial charge in [0.1, 0.15) is 11.7 Å². The summed E-state index contributed by atoms with van der Waals surface area (Å²) in [4.78, 5) is 8.32. The standard InChI is InChI=1S/C7H13N3/c1-4-5(2)9-6(3)10-7(4)8/h4-5H,1-3H3,(H2,8,9,10). The molecule has 2 N–H and O–H groups in total. The molecule has 0 amide bonds. The van der Waals surface area contributed by atoms with Crippen LogP contribution in [0.25, 0.3) is 0 Å². The van der Waals surface area contributed by atoms with Gasteiger partial charge in [0, 0.05) is 5.92 Å². The van der Waals surface area contributed by atoms with E-state index in [1.165, 1.54) is 0 Å². The summed E-state index contributed by atoms with van der Waals surface area (Å²) in [6, 6.07) is 0.289. The van der Waals surface area contributed by atoms with E-state index >= 15 is 0 Å². The van der Waals surface area contributed by atoms with Gasteiger partial charge in [-0.25, -0.2) is 4.99 Å². The largest absolute Gasteiger partial charge is 0.387 e. The second-order valence-corrected chi connectivity index (χ2v) is 2.74. The molecule has 2 atom stereocenters. The zero-order chi connectivity index (χ0) is 7.72. The van der Waals surface area contributed by atoms with Crippen molar-refractivity contribution in [3.8, 4) is 0 Å².